The summed E-state index contributed by atoms with van der Waals surface area (Å²) in [6.45, 7) is 11.5. The van der Waals surface area contributed by atoms with Crippen LogP contribution < -0.4 is 0 Å². The molecular weight excluding hydrogens is 238 g/mol. The number of nitriles is 1. The molecule has 0 aromatic heterocycles. The predicted octanol–water partition coefficient (Wildman–Crippen LogP) is 2.11. The average molecular weight is 267 g/mol. The minimum atomic E-state index is 0.242. The lowest BCUT2D eigenvalue weighted by Gasteiger charge is -2.32. The van der Waals surface area contributed by atoms with Gasteiger partial charge >= 0.3 is 0 Å². The van der Waals surface area contributed by atoms with Gasteiger partial charge in [0.05, 0.1) is 25.2 Å². The topological polar surface area (TPSA) is 39.5 Å². The van der Waals surface area contributed by atoms with Crippen LogP contribution in [0.1, 0.15) is 39.5 Å². The van der Waals surface area contributed by atoms with Gasteiger partial charge in [0, 0.05) is 13.1 Å². The normalized spacial score (nSPS) is 18.4. The highest BCUT2D eigenvalue weighted by molar-refractivity contribution is 4.74. The smallest absolute Gasteiger partial charge is 0.0829 e. The van der Waals surface area contributed by atoms with Crippen LogP contribution in [0.15, 0.2) is 0 Å². The lowest BCUT2D eigenvalue weighted by Crippen LogP contribution is -2.43. The second-order valence-electron chi connectivity index (χ2n) is 5.25. The van der Waals surface area contributed by atoms with Gasteiger partial charge in [-0.25, -0.2) is 0 Å². The summed E-state index contributed by atoms with van der Waals surface area (Å²) in [7, 11) is 0. The van der Waals surface area contributed by atoms with E-state index in [4.69, 9.17) is 10.00 Å². The van der Waals surface area contributed by atoms with Crippen molar-refractivity contribution in [1.29, 1.82) is 5.26 Å². The van der Waals surface area contributed by atoms with Gasteiger partial charge < -0.3 is 14.5 Å². The Bertz CT molecular complexity index is 255. The molecule has 4 nitrogen and oxygen atoms in total. The van der Waals surface area contributed by atoms with Crippen molar-refractivity contribution in [2.24, 2.45) is 0 Å². The van der Waals surface area contributed by atoms with Gasteiger partial charge in [0.25, 0.3) is 0 Å². The van der Waals surface area contributed by atoms with Gasteiger partial charge in [0.2, 0.25) is 0 Å². The van der Waals surface area contributed by atoms with Crippen LogP contribution in [0, 0.1) is 11.3 Å². The molecule has 1 atom stereocenters. The summed E-state index contributed by atoms with van der Waals surface area (Å²) in [5.74, 6) is 0. The van der Waals surface area contributed by atoms with Gasteiger partial charge in [0.1, 0.15) is 0 Å². The lowest BCUT2D eigenvalue weighted by atomic mass is 10.1. The van der Waals surface area contributed by atoms with Gasteiger partial charge in [-0.05, 0) is 39.0 Å². The number of hydrogen-bond donors (Lipinski definition) is 0. The zero-order valence-corrected chi connectivity index (χ0v) is 12.6. The van der Waals surface area contributed by atoms with Crippen molar-refractivity contribution in [3.63, 3.8) is 0 Å². The fourth-order valence-electron chi connectivity index (χ4n) is 2.63. The number of piperidine rings is 1. The second kappa shape index (κ2) is 10.2. The molecule has 110 valence electrons. The van der Waals surface area contributed by atoms with Gasteiger partial charge in [0.15, 0.2) is 0 Å². The Hall–Kier alpha value is -0.630. The largest absolute Gasteiger partial charge is 0.374 e. The zero-order valence-electron chi connectivity index (χ0n) is 12.6. The Morgan fingerprint density at radius 1 is 1.21 bits per heavy atom. The molecule has 1 rings (SSSR count). The molecule has 4 heteroatoms. The van der Waals surface area contributed by atoms with Crippen molar-refractivity contribution in [1.82, 2.24) is 9.80 Å². The third kappa shape index (κ3) is 6.91. The molecule has 1 aliphatic heterocycles. The van der Waals surface area contributed by atoms with Crippen molar-refractivity contribution in [2.75, 3.05) is 45.9 Å². The van der Waals surface area contributed by atoms with Gasteiger partial charge in [-0.15, -0.1) is 0 Å². The number of hydrogen-bond acceptors (Lipinski definition) is 4. The van der Waals surface area contributed by atoms with Gasteiger partial charge in [-0.1, -0.05) is 20.3 Å². The van der Waals surface area contributed by atoms with Crippen LogP contribution in [0.4, 0.5) is 0 Å². The Morgan fingerprint density at radius 2 is 1.89 bits per heavy atom. The van der Waals surface area contributed by atoms with E-state index in [1.807, 2.05) is 0 Å². The fourth-order valence-corrected chi connectivity index (χ4v) is 2.63. The quantitative estimate of drug-likeness (QED) is 0.600. The molecule has 19 heavy (non-hydrogen) atoms. The van der Waals surface area contributed by atoms with Crippen molar-refractivity contribution >= 4 is 0 Å². The Morgan fingerprint density at radius 3 is 2.47 bits per heavy atom. The van der Waals surface area contributed by atoms with Crippen molar-refractivity contribution in [2.45, 2.75) is 45.6 Å². The number of ether oxygens (including phenoxy) is 1. The molecule has 1 aliphatic rings. The van der Waals surface area contributed by atoms with Crippen molar-refractivity contribution < 1.29 is 4.74 Å². The fraction of sp³-hybridized carbons (Fsp3) is 0.933. The summed E-state index contributed by atoms with van der Waals surface area (Å²) in [6, 6.07) is 2.16. The van der Waals surface area contributed by atoms with E-state index in [0.29, 0.717) is 13.0 Å². The van der Waals surface area contributed by atoms with E-state index in [2.05, 4.69) is 29.7 Å². The predicted molar refractivity (Wildman–Crippen MR) is 78.0 cm³/mol. The van der Waals surface area contributed by atoms with E-state index in [0.717, 1.165) is 26.2 Å². The molecule has 0 saturated carbocycles. The Balaban J connectivity index is 2.39. The molecule has 0 radical (unpaired) electrons. The highest BCUT2D eigenvalue weighted by Gasteiger charge is 2.18. The van der Waals surface area contributed by atoms with Crippen LogP contribution >= 0.6 is 0 Å². The SMILES string of the molecule is CCN(CC)CC(CN1CCCCC1)OCCC#N. The summed E-state index contributed by atoms with van der Waals surface area (Å²) in [6.07, 6.45) is 4.74. The molecule has 1 fully saturated rings. The van der Waals surface area contributed by atoms with E-state index in [-0.39, 0.29) is 6.10 Å². The maximum Gasteiger partial charge on any atom is 0.0829 e. The third-order valence-electron chi connectivity index (χ3n) is 3.83. The molecule has 0 bridgehead atoms. The van der Waals surface area contributed by atoms with Crippen LogP contribution in [0.5, 0.6) is 0 Å². The summed E-state index contributed by atoms with van der Waals surface area (Å²) < 4.78 is 5.91. The van der Waals surface area contributed by atoms with E-state index >= 15 is 0 Å². The van der Waals surface area contributed by atoms with Gasteiger partial charge in [-0.3, -0.25) is 0 Å². The first-order valence-corrected chi connectivity index (χ1v) is 7.73. The number of nitrogens with zero attached hydrogens (tertiary/aromatic N) is 3. The Labute approximate surface area is 118 Å². The third-order valence-corrected chi connectivity index (χ3v) is 3.83. The van der Waals surface area contributed by atoms with Crippen LogP contribution in [0.3, 0.4) is 0 Å². The van der Waals surface area contributed by atoms with Crippen LogP contribution in [0.25, 0.3) is 0 Å². The molecular formula is C15H29N3O. The van der Waals surface area contributed by atoms with Crippen LogP contribution in [0.2, 0.25) is 0 Å². The maximum atomic E-state index is 8.62. The molecule has 1 saturated heterocycles. The van der Waals surface area contributed by atoms with E-state index < -0.39 is 0 Å². The van der Waals surface area contributed by atoms with E-state index in [1.54, 1.807) is 0 Å². The lowest BCUT2D eigenvalue weighted by molar-refractivity contribution is 0.00434. The highest BCUT2D eigenvalue weighted by atomic mass is 16.5. The van der Waals surface area contributed by atoms with Gasteiger partial charge in [-0.2, -0.15) is 5.26 Å². The second-order valence-corrected chi connectivity index (χ2v) is 5.25. The zero-order chi connectivity index (χ0) is 13.9. The summed E-state index contributed by atoms with van der Waals surface area (Å²) in [5, 5.41) is 8.62. The summed E-state index contributed by atoms with van der Waals surface area (Å²) in [5.41, 5.74) is 0. The standard InChI is InChI=1S/C15H29N3O/c1-3-17(4-2)13-15(19-12-8-9-16)14-18-10-6-5-7-11-18/h15H,3-8,10-14H2,1-2H3. The molecule has 0 spiro atoms. The van der Waals surface area contributed by atoms with Crippen molar-refractivity contribution in [3.05, 3.63) is 0 Å². The average Bonchev–Trinajstić information content (AvgIpc) is 2.45. The maximum absolute atomic E-state index is 8.62. The van der Waals surface area contributed by atoms with Crippen LogP contribution in [-0.2, 0) is 4.74 Å². The number of likely N-dealkylation sites (N-methyl/N-ethyl adjacent to an activating group) is 1. The molecule has 0 N–H and O–H groups in total. The van der Waals surface area contributed by atoms with E-state index in [9.17, 15) is 0 Å². The van der Waals surface area contributed by atoms with E-state index in [1.165, 1.54) is 32.4 Å². The Kier molecular flexibility index (Phi) is 8.81. The number of rotatable bonds is 9. The van der Waals surface area contributed by atoms with Crippen molar-refractivity contribution in [3.8, 4) is 6.07 Å². The summed E-state index contributed by atoms with van der Waals surface area (Å²) >= 11 is 0. The highest BCUT2D eigenvalue weighted by Crippen LogP contribution is 2.11. The number of likely N-dealkylation sites (tertiary alicyclic amines) is 1. The molecule has 0 aromatic rings. The first-order valence-electron chi connectivity index (χ1n) is 7.73. The molecule has 1 unspecified atom stereocenters. The van der Waals surface area contributed by atoms with Crippen LogP contribution in [-0.4, -0.2) is 61.8 Å². The molecule has 0 amide bonds. The minimum Gasteiger partial charge on any atom is -0.374 e. The monoisotopic (exact) mass is 267 g/mol. The summed E-state index contributed by atoms with van der Waals surface area (Å²) in [4.78, 5) is 4.92. The molecule has 0 aromatic carbocycles. The first kappa shape index (κ1) is 16.4. The molecule has 1 heterocycles. The minimum absolute atomic E-state index is 0.242. The molecule has 0 aliphatic carbocycles. The first-order chi connectivity index (χ1) is 9.30.